The Morgan fingerprint density at radius 2 is 1.97 bits per heavy atom. The summed E-state index contributed by atoms with van der Waals surface area (Å²) in [6.07, 6.45) is 5.36. The molecule has 9 heteroatoms. The predicted octanol–water partition coefficient (Wildman–Crippen LogP) is 2.99. The summed E-state index contributed by atoms with van der Waals surface area (Å²) in [6, 6.07) is 10.2. The number of aryl methyl sites for hydroxylation is 1. The van der Waals surface area contributed by atoms with Crippen molar-refractivity contribution in [2.45, 2.75) is 38.1 Å². The molecule has 36 heavy (non-hydrogen) atoms. The third kappa shape index (κ3) is 5.05. The van der Waals surface area contributed by atoms with Crippen LogP contribution >= 0.6 is 0 Å². The zero-order chi connectivity index (χ0) is 25.1. The number of rotatable bonds is 8. The Hall–Kier alpha value is -3.11. The van der Waals surface area contributed by atoms with Crippen molar-refractivity contribution < 1.29 is 14.7 Å². The van der Waals surface area contributed by atoms with Gasteiger partial charge < -0.3 is 20.2 Å². The Labute approximate surface area is 211 Å². The number of hydroxylamine groups is 1. The van der Waals surface area contributed by atoms with Crippen molar-refractivity contribution in [3.8, 4) is 22.5 Å². The van der Waals surface area contributed by atoms with Crippen LogP contribution in [0.15, 0.2) is 42.7 Å². The number of pyridine rings is 1. The van der Waals surface area contributed by atoms with Crippen LogP contribution in [0.2, 0.25) is 0 Å². The molecule has 1 aromatic carbocycles. The number of nitrogens with zero attached hydrogens (tertiary/aromatic N) is 3. The molecule has 1 fully saturated rings. The Morgan fingerprint density at radius 3 is 2.72 bits per heavy atom. The number of imidazole rings is 1. The van der Waals surface area contributed by atoms with Gasteiger partial charge in [0.1, 0.15) is 0 Å². The van der Waals surface area contributed by atoms with Gasteiger partial charge in [0.2, 0.25) is 0 Å². The molecule has 5 rings (SSSR count). The van der Waals surface area contributed by atoms with Crippen molar-refractivity contribution in [1.29, 1.82) is 0 Å². The standard InChI is InChI=1S/C27H34N6O3/c1-27(2,32-35)22-6-4-19-17-20(3-5-21(19)22)24-23(18-7-9-28-10-8-18)30-25(31-24)26(34)29-11-12-33-13-15-36-16-14-33/h3,5,7-10,17,22,32,35H,4,6,11-16H2,1-2H3,(H,29,34)(H,30,31). The molecular formula is C27H34N6O3. The van der Waals surface area contributed by atoms with Gasteiger partial charge in [0.05, 0.1) is 24.6 Å². The van der Waals surface area contributed by atoms with Gasteiger partial charge in [-0.3, -0.25) is 14.7 Å². The summed E-state index contributed by atoms with van der Waals surface area (Å²) < 4.78 is 5.39. The van der Waals surface area contributed by atoms with Gasteiger partial charge in [0.15, 0.2) is 5.82 Å². The third-order valence-electron chi connectivity index (χ3n) is 7.36. The number of H-pyrrole nitrogens is 1. The average molecular weight is 491 g/mol. The van der Waals surface area contributed by atoms with Crippen molar-refractivity contribution in [1.82, 2.24) is 30.6 Å². The van der Waals surface area contributed by atoms with Crippen LogP contribution in [0, 0.1) is 0 Å². The number of benzene rings is 1. The van der Waals surface area contributed by atoms with Gasteiger partial charge in [0.25, 0.3) is 5.91 Å². The average Bonchev–Trinajstić information content (AvgIpc) is 3.55. The molecule has 9 nitrogen and oxygen atoms in total. The number of carbonyl (C=O) groups excluding carboxylic acids is 1. The number of aromatic amines is 1. The molecule has 3 heterocycles. The summed E-state index contributed by atoms with van der Waals surface area (Å²) in [7, 11) is 0. The molecule has 3 aromatic rings. The van der Waals surface area contributed by atoms with Gasteiger partial charge in [-0.15, -0.1) is 0 Å². The number of ether oxygens (including phenoxy) is 1. The SMILES string of the molecule is CC(C)(NO)C1CCc2cc(-c3[nH]c(C(=O)NCCN4CCOCC4)nc3-c3ccncc3)ccc21. The second-order valence-electron chi connectivity index (χ2n) is 10.1. The van der Waals surface area contributed by atoms with E-state index in [4.69, 9.17) is 9.72 Å². The summed E-state index contributed by atoms with van der Waals surface area (Å²) in [5.41, 5.74) is 7.99. The number of hydrogen-bond donors (Lipinski definition) is 4. The van der Waals surface area contributed by atoms with Crippen LogP contribution in [0.4, 0.5) is 0 Å². The van der Waals surface area contributed by atoms with Crippen LogP contribution in [0.25, 0.3) is 22.5 Å². The summed E-state index contributed by atoms with van der Waals surface area (Å²) in [5.74, 6) is 0.297. The minimum Gasteiger partial charge on any atom is -0.379 e. The van der Waals surface area contributed by atoms with Gasteiger partial charge in [0, 0.05) is 61.2 Å². The fourth-order valence-electron chi connectivity index (χ4n) is 5.24. The zero-order valence-corrected chi connectivity index (χ0v) is 20.9. The first-order valence-electron chi connectivity index (χ1n) is 12.6. The van der Waals surface area contributed by atoms with E-state index in [2.05, 4.69) is 43.9 Å². The molecule has 0 bridgehead atoms. The number of hydrogen-bond acceptors (Lipinski definition) is 7. The van der Waals surface area contributed by atoms with Crippen LogP contribution in [-0.4, -0.2) is 75.9 Å². The maximum atomic E-state index is 13.0. The molecule has 1 atom stereocenters. The molecule has 2 aromatic heterocycles. The highest BCUT2D eigenvalue weighted by Gasteiger charge is 2.35. The fourth-order valence-corrected chi connectivity index (χ4v) is 5.24. The second-order valence-corrected chi connectivity index (χ2v) is 10.1. The number of morpholine rings is 1. The lowest BCUT2D eigenvalue weighted by atomic mass is 9.83. The highest BCUT2D eigenvalue weighted by Crippen LogP contribution is 2.42. The molecular weight excluding hydrogens is 456 g/mol. The molecule has 2 aliphatic rings. The topological polar surface area (TPSA) is 115 Å². The van der Waals surface area contributed by atoms with Crippen molar-refractivity contribution in [2.24, 2.45) is 0 Å². The van der Waals surface area contributed by atoms with Gasteiger partial charge in [-0.2, -0.15) is 5.48 Å². The van der Waals surface area contributed by atoms with E-state index >= 15 is 0 Å². The second kappa shape index (κ2) is 10.5. The van der Waals surface area contributed by atoms with E-state index < -0.39 is 5.54 Å². The number of nitrogens with one attached hydrogen (secondary N) is 3. The lowest BCUT2D eigenvalue weighted by molar-refractivity contribution is 0.0383. The number of amides is 1. The minimum absolute atomic E-state index is 0.221. The van der Waals surface area contributed by atoms with Crippen molar-refractivity contribution >= 4 is 5.91 Å². The molecule has 1 aliphatic carbocycles. The van der Waals surface area contributed by atoms with E-state index in [1.54, 1.807) is 12.4 Å². The summed E-state index contributed by atoms with van der Waals surface area (Å²) >= 11 is 0. The van der Waals surface area contributed by atoms with E-state index in [9.17, 15) is 10.0 Å². The van der Waals surface area contributed by atoms with E-state index in [-0.39, 0.29) is 11.8 Å². The predicted molar refractivity (Wildman–Crippen MR) is 137 cm³/mol. The minimum atomic E-state index is -0.407. The van der Waals surface area contributed by atoms with Crippen LogP contribution in [0.5, 0.6) is 0 Å². The molecule has 1 amide bonds. The van der Waals surface area contributed by atoms with Crippen molar-refractivity contribution in [3.63, 3.8) is 0 Å². The molecule has 1 aliphatic heterocycles. The first kappa shape index (κ1) is 24.6. The van der Waals surface area contributed by atoms with Gasteiger partial charge in [-0.1, -0.05) is 12.1 Å². The zero-order valence-electron chi connectivity index (χ0n) is 20.9. The van der Waals surface area contributed by atoms with E-state index in [1.165, 1.54) is 11.1 Å². The van der Waals surface area contributed by atoms with Crippen molar-refractivity contribution in [2.75, 3.05) is 39.4 Å². The Kier molecular flexibility index (Phi) is 7.15. The molecule has 190 valence electrons. The van der Waals surface area contributed by atoms with Crippen LogP contribution < -0.4 is 10.8 Å². The first-order valence-corrected chi connectivity index (χ1v) is 12.6. The molecule has 0 radical (unpaired) electrons. The largest absolute Gasteiger partial charge is 0.379 e. The van der Waals surface area contributed by atoms with Gasteiger partial charge in [-0.25, -0.2) is 4.98 Å². The van der Waals surface area contributed by atoms with E-state index in [0.717, 1.165) is 68.2 Å². The summed E-state index contributed by atoms with van der Waals surface area (Å²) in [4.78, 5) is 27.4. The third-order valence-corrected chi connectivity index (χ3v) is 7.36. The molecule has 0 spiro atoms. The van der Waals surface area contributed by atoms with Crippen LogP contribution in [0.1, 0.15) is 47.9 Å². The van der Waals surface area contributed by atoms with Crippen LogP contribution in [-0.2, 0) is 11.2 Å². The Balaban J connectivity index is 1.41. The fraction of sp³-hybridized carbons (Fsp3) is 0.444. The number of aromatic nitrogens is 3. The lowest BCUT2D eigenvalue weighted by Crippen LogP contribution is -2.42. The van der Waals surface area contributed by atoms with Crippen molar-refractivity contribution in [3.05, 3.63) is 59.7 Å². The first-order chi connectivity index (χ1) is 17.5. The summed E-state index contributed by atoms with van der Waals surface area (Å²) in [6.45, 7) is 8.61. The monoisotopic (exact) mass is 490 g/mol. The quantitative estimate of drug-likeness (QED) is 0.359. The smallest absolute Gasteiger partial charge is 0.287 e. The highest BCUT2D eigenvalue weighted by atomic mass is 16.5. The number of carbonyl (C=O) groups is 1. The van der Waals surface area contributed by atoms with E-state index in [0.29, 0.717) is 12.4 Å². The van der Waals surface area contributed by atoms with Gasteiger partial charge >= 0.3 is 0 Å². The maximum Gasteiger partial charge on any atom is 0.287 e. The maximum absolute atomic E-state index is 13.0. The molecule has 1 saturated heterocycles. The van der Waals surface area contributed by atoms with Gasteiger partial charge in [-0.05, 0) is 56.0 Å². The lowest BCUT2D eigenvalue weighted by Gasteiger charge is -2.30. The number of fused-ring (bicyclic) bond motifs is 1. The Bertz CT molecular complexity index is 1200. The molecule has 0 saturated carbocycles. The Morgan fingerprint density at radius 1 is 1.19 bits per heavy atom. The highest BCUT2D eigenvalue weighted by molar-refractivity contribution is 5.93. The summed E-state index contributed by atoms with van der Waals surface area (Å²) in [5, 5.41) is 12.7. The molecule has 4 N–H and O–H groups in total. The normalized spacial score (nSPS) is 18.2. The van der Waals surface area contributed by atoms with E-state index in [1.807, 2.05) is 26.0 Å². The van der Waals surface area contributed by atoms with Crippen LogP contribution in [0.3, 0.4) is 0 Å². The molecule has 1 unspecified atom stereocenters.